The number of hydrogen-bond donors (Lipinski definition) is 0. The minimum atomic E-state index is 1.06. The van der Waals surface area contributed by atoms with Crippen LogP contribution in [0.2, 0.25) is 0 Å². The molecule has 1 nitrogen and oxygen atoms in total. The van der Waals surface area contributed by atoms with E-state index in [0.717, 1.165) is 18.0 Å². The molecule has 0 saturated carbocycles. The van der Waals surface area contributed by atoms with E-state index in [1.54, 1.807) is 0 Å². The van der Waals surface area contributed by atoms with Gasteiger partial charge in [0, 0.05) is 18.7 Å². The Balaban J connectivity index is 2.86. The first-order valence-electron chi connectivity index (χ1n) is 3.38. The molecule has 0 spiro atoms. The van der Waals surface area contributed by atoms with Crippen LogP contribution in [0.1, 0.15) is 0 Å². The first-order valence-corrected chi connectivity index (χ1v) is 5.54. The van der Waals surface area contributed by atoms with Crippen molar-refractivity contribution in [1.29, 1.82) is 0 Å². The lowest BCUT2D eigenvalue weighted by atomic mass is 10.2. The van der Waals surface area contributed by atoms with Gasteiger partial charge in [-0.3, -0.25) is 4.98 Å². The van der Waals surface area contributed by atoms with Crippen molar-refractivity contribution in [2.24, 2.45) is 0 Å². The van der Waals surface area contributed by atoms with Crippen LogP contribution in [0.5, 0.6) is 0 Å². The molecular formula is C9H4I2N. The van der Waals surface area contributed by atoms with Gasteiger partial charge >= 0.3 is 0 Å². The fraction of sp³-hybridized carbons (Fsp3) is 0. The maximum Gasteiger partial charge on any atom is 0.0836 e. The van der Waals surface area contributed by atoms with Crippen LogP contribution in [0.4, 0.5) is 0 Å². The Morgan fingerprint density at radius 1 is 1.25 bits per heavy atom. The van der Waals surface area contributed by atoms with Gasteiger partial charge in [0.05, 0.1) is 5.52 Å². The highest BCUT2D eigenvalue weighted by atomic mass is 127. The van der Waals surface area contributed by atoms with Gasteiger partial charge in [-0.15, -0.1) is 0 Å². The highest BCUT2D eigenvalue weighted by Crippen LogP contribution is 2.19. The minimum absolute atomic E-state index is 1.06. The summed E-state index contributed by atoms with van der Waals surface area (Å²) in [5, 5.41) is 1.16. The molecular weight excluding hydrogens is 376 g/mol. The second kappa shape index (κ2) is 3.45. The standard InChI is InChI=1S/C9H4I2N/c10-7-4-6-2-1-3-8(11)9(6)12-5-7/h2-5H. The normalized spacial score (nSPS) is 10.5. The van der Waals surface area contributed by atoms with Gasteiger partial charge in [0.15, 0.2) is 0 Å². The van der Waals surface area contributed by atoms with Gasteiger partial charge in [-0.05, 0) is 69.4 Å². The summed E-state index contributed by atoms with van der Waals surface area (Å²) in [7, 11) is 0. The quantitative estimate of drug-likeness (QED) is 0.640. The van der Waals surface area contributed by atoms with E-state index in [0.29, 0.717) is 0 Å². The van der Waals surface area contributed by atoms with Crippen LogP contribution in [-0.2, 0) is 0 Å². The zero-order chi connectivity index (χ0) is 8.55. The smallest absolute Gasteiger partial charge is 0.0836 e. The summed E-state index contributed by atoms with van der Waals surface area (Å²) in [4.78, 5) is 4.35. The lowest BCUT2D eigenvalue weighted by molar-refractivity contribution is 1.38. The van der Waals surface area contributed by atoms with Gasteiger partial charge in [0.1, 0.15) is 0 Å². The summed E-state index contributed by atoms with van der Waals surface area (Å²) in [6.07, 6.45) is 1.88. The molecule has 0 amide bonds. The van der Waals surface area contributed by atoms with Crippen molar-refractivity contribution in [3.63, 3.8) is 0 Å². The van der Waals surface area contributed by atoms with Crippen molar-refractivity contribution < 1.29 is 0 Å². The van der Waals surface area contributed by atoms with Gasteiger partial charge in [-0.2, -0.15) is 0 Å². The summed E-state index contributed by atoms with van der Waals surface area (Å²) in [6, 6.07) is 9.10. The molecule has 0 saturated heterocycles. The van der Waals surface area contributed by atoms with E-state index in [1.807, 2.05) is 18.3 Å². The largest absolute Gasteiger partial charge is 0.254 e. The molecule has 2 aromatic rings. The first kappa shape index (κ1) is 8.68. The average molecular weight is 380 g/mol. The van der Waals surface area contributed by atoms with Crippen molar-refractivity contribution in [2.75, 3.05) is 0 Å². The Hall–Kier alpha value is 0.0900. The van der Waals surface area contributed by atoms with Crippen LogP contribution in [0, 0.1) is 13.2 Å². The summed E-state index contributed by atoms with van der Waals surface area (Å²) < 4.78 is 2.32. The van der Waals surface area contributed by atoms with E-state index in [2.05, 4.69) is 62.3 Å². The van der Waals surface area contributed by atoms with Crippen molar-refractivity contribution >= 4 is 56.1 Å². The van der Waals surface area contributed by atoms with Crippen molar-refractivity contribution in [3.05, 3.63) is 37.6 Å². The fourth-order valence-electron chi connectivity index (χ4n) is 1.04. The monoisotopic (exact) mass is 380 g/mol. The second-order valence-corrected chi connectivity index (χ2v) is 4.80. The van der Waals surface area contributed by atoms with Crippen LogP contribution in [0.25, 0.3) is 10.9 Å². The number of aromatic nitrogens is 1. The maximum atomic E-state index is 4.35. The van der Waals surface area contributed by atoms with E-state index < -0.39 is 0 Å². The third-order valence-corrected chi connectivity index (χ3v) is 2.97. The van der Waals surface area contributed by atoms with Crippen molar-refractivity contribution in [2.45, 2.75) is 0 Å². The molecule has 1 aromatic heterocycles. The molecule has 1 aromatic carbocycles. The molecule has 0 aliphatic rings. The molecule has 3 heteroatoms. The third-order valence-electron chi connectivity index (χ3n) is 1.56. The molecule has 1 radical (unpaired) electrons. The van der Waals surface area contributed by atoms with Crippen molar-refractivity contribution in [1.82, 2.24) is 4.98 Å². The fourth-order valence-corrected chi connectivity index (χ4v) is 2.14. The van der Waals surface area contributed by atoms with Crippen molar-refractivity contribution in [3.8, 4) is 0 Å². The first-order chi connectivity index (χ1) is 5.77. The SMILES string of the molecule is Ic1cnc2c(I)c[c]cc2c1. The van der Waals surface area contributed by atoms with Crippen LogP contribution in [0.15, 0.2) is 24.4 Å². The van der Waals surface area contributed by atoms with E-state index in [-0.39, 0.29) is 0 Å². The number of nitrogens with zero attached hydrogens (tertiary/aromatic N) is 1. The van der Waals surface area contributed by atoms with E-state index >= 15 is 0 Å². The van der Waals surface area contributed by atoms with Gasteiger partial charge in [-0.25, -0.2) is 0 Å². The van der Waals surface area contributed by atoms with Gasteiger partial charge in [-0.1, -0.05) is 0 Å². The zero-order valence-electron chi connectivity index (χ0n) is 6.01. The van der Waals surface area contributed by atoms with Gasteiger partial charge < -0.3 is 0 Å². The molecule has 0 fully saturated rings. The minimum Gasteiger partial charge on any atom is -0.254 e. The van der Waals surface area contributed by atoms with Gasteiger partial charge in [0.2, 0.25) is 0 Å². The van der Waals surface area contributed by atoms with Crippen LogP contribution in [-0.4, -0.2) is 4.98 Å². The molecule has 0 unspecified atom stereocenters. The van der Waals surface area contributed by atoms with Crippen LogP contribution >= 0.6 is 45.2 Å². The summed E-state index contributed by atoms with van der Waals surface area (Å²) in [6.45, 7) is 0. The Kier molecular flexibility index (Phi) is 2.49. The lowest BCUT2D eigenvalue weighted by Gasteiger charge is -1.98. The third kappa shape index (κ3) is 1.56. The molecule has 2 rings (SSSR count). The Bertz CT molecular complexity index is 426. The highest BCUT2D eigenvalue weighted by Gasteiger charge is 1.98. The molecule has 0 atom stereocenters. The summed E-state index contributed by atoms with van der Waals surface area (Å²) >= 11 is 4.53. The summed E-state index contributed by atoms with van der Waals surface area (Å²) in [5.41, 5.74) is 1.06. The number of hydrogen-bond acceptors (Lipinski definition) is 1. The maximum absolute atomic E-state index is 4.35. The predicted octanol–water partition coefficient (Wildman–Crippen LogP) is 3.24. The highest BCUT2D eigenvalue weighted by molar-refractivity contribution is 14.1. The average Bonchev–Trinajstić information content (AvgIpc) is 2.04. The molecule has 0 aliphatic heterocycles. The number of fused-ring (bicyclic) bond motifs is 1. The van der Waals surface area contributed by atoms with E-state index in [1.165, 1.54) is 0 Å². The molecule has 59 valence electrons. The Morgan fingerprint density at radius 2 is 2.08 bits per heavy atom. The topological polar surface area (TPSA) is 12.9 Å². The Labute approximate surface area is 97.9 Å². The Morgan fingerprint density at radius 3 is 2.92 bits per heavy atom. The number of halogens is 2. The predicted molar refractivity (Wildman–Crippen MR) is 66.0 cm³/mol. The summed E-state index contributed by atoms with van der Waals surface area (Å²) in [5.74, 6) is 0. The number of benzene rings is 1. The number of pyridine rings is 1. The van der Waals surface area contributed by atoms with Gasteiger partial charge in [0.25, 0.3) is 0 Å². The molecule has 0 bridgehead atoms. The van der Waals surface area contributed by atoms with Crippen LogP contribution in [0.3, 0.4) is 0 Å². The van der Waals surface area contributed by atoms with E-state index in [4.69, 9.17) is 0 Å². The molecule has 1 heterocycles. The molecule has 12 heavy (non-hydrogen) atoms. The molecule has 0 aliphatic carbocycles. The van der Waals surface area contributed by atoms with Crippen LogP contribution < -0.4 is 0 Å². The lowest BCUT2D eigenvalue weighted by Crippen LogP contribution is -1.83. The van der Waals surface area contributed by atoms with E-state index in [9.17, 15) is 0 Å². The molecule has 0 N–H and O–H groups in total. The second-order valence-electron chi connectivity index (χ2n) is 2.39. The number of rotatable bonds is 0. The zero-order valence-corrected chi connectivity index (χ0v) is 10.3.